The number of hydrogen-bond acceptors (Lipinski definition) is 4. The van der Waals surface area contributed by atoms with Gasteiger partial charge in [0, 0.05) is 0 Å². The second kappa shape index (κ2) is 8.62. The lowest BCUT2D eigenvalue weighted by Gasteiger charge is -2.21. The molecule has 0 saturated heterocycles. The number of nitrogens with one attached hydrogen (secondary N) is 2. The van der Waals surface area contributed by atoms with Crippen molar-refractivity contribution in [2.24, 2.45) is 0 Å². The van der Waals surface area contributed by atoms with Gasteiger partial charge in [-0.3, -0.25) is 10.1 Å². The number of phenols is 1. The van der Waals surface area contributed by atoms with E-state index < -0.39 is 5.91 Å². The van der Waals surface area contributed by atoms with Crippen LogP contribution in [0.2, 0.25) is 0 Å². The number of aromatic hydroxyl groups is 1. The molecule has 0 aliphatic rings. The van der Waals surface area contributed by atoms with E-state index in [1.165, 1.54) is 7.11 Å². The van der Waals surface area contributed by atoms with Crippen LogP contribution in [-0.4, -0.2) is 23.2 Å². The Morgan fingerprint density at radius 2 is 1.83 bits per heavy atom. The van der Waals surface area contributed by atoms with Crippen molar-refractivity contribution < 1.29 is 14.6 Å². The zero-order valence-electron chi connectivity index (χ0n) is 17.2. The van der Waals surface area contributed by atoms with Gasteiger partial charge in [-0.05, 0) is 68.1 Å². The van der Waals surface area contributed by atoms with Gasteiger partial charge in [-0.2, -0.15) is 0 Å². The number of thiocarbonyl (C=S) groups is 1. The smallest absolute Gasteiger partial charge is 0.261 e. The molecule has 156 valence electrons. The maximum atomic E-state index is 12.9. The molecule has 30 heavy (non-hydrogen) atoms. The summed E-state index contributed by atoms with van der Waals surface area (Å²) in [4.78, 5) is 12.9. The number of carbonyl (C=O) groups excluding carboxylic acids is 1. The lowest BCUT2D eigenvalue weighted by Crippen LogP contribution is -2.34. The zero-order valence-corrected chi connectivity index (χ0v) is 19.6. The first kappa shape index (κ1) is 22.1. The molecule has 1 amide bonds. The largest absolute Gasteiger partial charge is 0.506 e. The van der Waals surface area contributed by atoms with Crippen molar-refractivity contribution in [3.8, 4) is 11.5 Å². The molecule has 0 fully saturated rings. The van der Waals surface area contributed by atoms with Gasteiger partial charge in [-0.25, -0.2) is 0 Å². The highest BCUT2D eigenvalue weighted by Crippen LogP contribution is 2.36. The van der Waals surface area contributed by atoms with E-state index in [0.717, 1.165) is 16.3 Å². The Morgan fingerprint density at radius 1 is 1.13 bits per heavy atom. The highest BCUT2D eigenvalue weighted by molar-refractivity contribution is 9.10. The number of benzene rings is 3. The van der Waals surface area contributed by atoms with Crippen LogP contribution in [0.15, 0.2) is 53.0 Å². The third-order valence-corrected chi connectivity index (χ3v) is 5.72. The number of amides is 1. The van der Waals surface area contributed by atoms with Crippen LogP contribution in [0.4, 0.5) is 5.69 Å². The Labute approximate surface area is 189 Å². The quantitative estimate of drug-likeness (QED) is 0.325. The van der Waals surface area contributed by atoms with Crippen LogP contribution in [0.3, 0.4) is 0 Å². The molecule has 0 heterocycles. The molecular weight excluding hydrogens is 464 g/mol. The third kappa shape index (κ3) is 4.57. The molecule has 0 aliphatic carbocycles. The molecule has 3 rings (SSSR count). The molecule has 7 heteroatoms. The van der Waals surface area contributed by atoms with Gasteiger partial charge in [-0.15, -0.1) is 0 Å². The molecule has 0 aromatic heterocycles. The van der Waals surface area contributed by atoms with Crippen molar-refractivity contribution >= 4 is 55.6 Å². The minimum Gasteiger partial charge on any atom is -0.506 e. The van der Waals surface area contributed by atoms with Gasteiger partial charge in [-0.1, -0.05) is 51.1 Å². The Morgan fingerprint density at radius 3 is 2.50 bits per heavy atom. The van der Waals surface area contributed by atoms with E-state index in [9.17, 15) is 9.90 Å². The van der Waals surface area contributed by atoms with E-state index in [1.807, 2.05) is 36.4 Å². The minimum atomic E-state index is -0.415. The normalized spacial score (nSPS) is 11.2. The van der Waals surface area contributed by atoms with Crippen LogP contribution in [0, 0.1) is 0 Å². The fourth-order valence-electron chi connectivity index (χ4n) is 3.08. The summed E-state index contributed by atoms with van der Waals surface area (Å²) in [6.07, 6.45) is 0. The summed E-state index contributed by atoms with van der Waals surface area (Å²) in [6.45, 7) is 6.23. The van der Waals surface area contributed by atoms with Gasteiger partial charge in [0.1, 0.15) is 11.5 Å². The van der Waals surface area contributed by atoms with Crippen LogP contribution >= 0.6 is 28.1 Å². The van der Waals surface area contributed by atoms with E-state index in [1.54, 1.807) is 12.1 Å². The third-order valence-electron chi connectivity index (χ3n) is 4.73. The Kier molecular flexibility index (Phi) is 6.33. The standard InChI is InChI=1S/C23H23BrN2O3S/c1-23(2,3)14-9-10-18(27)17(12-14)25-22(30)26-21(28)16-11-13-7-5-6-8-15(13)19(24)20(16)29-4/h5-12,27H,1-4H3,(H2,25,26,28,30). The number of halogens is 1. The molecule has 3 aromatic rings. The van der Waals surface area contributed by atoms with Crippen molar-refractivity contribution in [1.29, 1.82) is 0 Å². The summed E-state index contributed by atoms with van der Waals surface area (Å²) in [6, 6.07) is 14.7. The van der Waals surface area contributed by atoms with E-state index in [4.69, 9.17) is 17.0 Å². The van der Waals surface area contributed by atoms with Crippen LogP contribution in [0.25, 0.3) is 10.8 Å². The van der Waals surface area contributed by atoms with Gasteiger partial charge < -0.3 is 15.2 Å². The van der Waals surface area contributed by atoms with Crippen molar-refractivity contribution in [2.75, 3.05) is 12.4 Å². The maximum absolute atomic E-state index is 12.9. The van der Waals surface area contributed by atoms with Crippen LogP contribution in [0.1, 0.15) is 36.7 Å². The van der Waals surface area contributed by atoms with Crippen molar-refractivity contribution in [1.82, 2.24) is 5.32 Å². The van der Waals surface area contributed by atoms with Crippen molar-refractivity contribution in [2.45, 2.75) is 26.2 Å². The zero-order chi connectivity index (χ0) is 22.1. The highest BCUT2D eigenvalue weighted by Gasteiger charge is 2.20. The molecule has 0 bridgehead atoms. The summed E-state index contributed by atoms with van der Waals surface area (Å²) in [7, 11) is 1.51. The van der Waals surface area contributed by atoms with E-state index in [2.05, 4.69) is 47.3 Å². The summed E-state index contributed by atoms with van der Waals surface area (Å²) in [5.41, 5.74) is 1.70. The molecule has 0 aliphatic heterocycles. The Bertz CT molecular complexity index is 1140. The Hall–Kier alpha value is -2.64. The van der Waals surface area contributed by atoms with Gasteiger partial charge in [0.2, 0.25) is 0 Å². The number of carbonyl (C=O) groups is 1. The minimum absolute atomic E-state index is 0.0469. The first-order valence-corrected chi connectivity index (χ1v) is 10.5. The average molecular weight is 487 g/mol. The number of phenolic OH excluding ortho intramolecular Hbond substituents is 1. The number of hydrogen-bond donors (Lipinski definition) is 3. The fraction of sp³-hybridized carbons (Fsp3) is 0.217. The van der Waals surface area contributed by atoms with Crippen LogP contribution < -0.4 is 15.4 Å². The lowest BCUT2D eigenvalue weighted by atomic mass is 9.87. The number of methoxy groups -OCH3 is 1. The predicted octanol–water partition coefficient (Wildman–Crippen LogP) is 5.74. The molecule has 0 atom stereocenters. The molecule has 0 radical (unpaired) electrons. The van der Waals surface area contributed by atoms with Crippen LogP contribution in [-0.2, 0) is 5.41 Å². The van der Waals surface area contributed by atoms with Gasteiger partial charge in [0.25, 0.3) is 5.91 Å². The molecule has 0 saturated carbocycles. The van der Waals surface area contributed by atoms with E-state index >= 15 is 0 Å². The average Bonchev–Trinajstić information content (AvgIpc) is 2.68. The van der Waals surface area contributed by atoms with E-state index in [-0.39, 0.29) is 16.3 Å². The predicted molar refractivity (Wildman–Crippen MR) is 129 cm³/mol. The molecule has 5 nitrogen and oxygen atoms in total. The Balaban J connectivity index is 1.86. The van der Waals surface area contributed by atoms with Gasteiger partial charge in [0.15, 0.2) is 5.11 Å². The molecule has 0 spiro atoms. The van der Waals surface area contributed by atoms with E-state index in [0.29, 0.717) is 21.5 Å². The molecule has 3 N–H and O–H groups in total. The number of fused-ring (bicyclic) bond motifs is 1. The maximum Gasteiger partial charge on any atom is 0.261 e. The molecule has 0 unspecified atom stereocenters. The second-order valence-corrected chi connectivity index (χ2v) is 9.08. The highest BCUT2D eigenvalue weighted by atomic mass is 79.9. The van der Waals surface area contributed by atoms with Crippen molar-refractivity contribution in [3.63, 3.8) is 0 Å². The van der Waals surface area contributed by atoms with Crippen molar-refractivity contribution in [3.05, 3.63) is 64.1 Å². The SMILES string of the molecule is COc1c(C(=O)NC(=S)Nc2cc(C(C)(C)C)ccc2O)cc2ccccc2c1Br. The fourth-order valence-corrected chi connectivity index (χ4v) is 4.02. The molecular formula is C23H23BrN2O3S. The lowest BCUT2D eigenvalue weighted by molar-refractivity contribution is 0.0975. The van der Waals surface area contributed by atoms with Gasteiger partial charge >= 0.3 is 0 Å². The monoisotopic (exact) mass is 486 g/mol. The van der Waals surface area contributed by atoms with Crippen LogP contribution in [0.5, 0.6) is 11.5 Å². The number of anilines is 1. The summed E-state index contributed by atoms with van der Waals surface area (Å²) in [5, 5.41) is 17.7. The summed E-state index contributed by atoms with van der Waals surface area (Å²) < 4.78 is 6.16. The summed E-state index contributed by atoms with van der Waals surface area (Å²) >= 11 is 8.84. The first-order chi connectivity index (χ1) is 14.1. The first-order valence-electron chi connectivity index (χ1n) is 9.33. The number of rotatable bonds is 3. The second-order valence-electron chi connectivity index (χ2n) is 7.88. The topological polar surface area (TPSA) is 70.6 Å². The summed E-state index contributed by atoms with van der Waals surface area (Å²) in [5.74, 6) is 0.0551. The molecule has 3 aromatic carbocycles. The number of ether oxygens (including phenoxy) is 1. The van der Waals surface area contributed by atoms with Gasteiger partial charge in [0.05, 0.1) is 22.8 Å².